The Morgan fingerprint density at radius 3 is 2.59 bits per heavy atom. The molecule has 0 aliphatic heterocycles. The molecule has 2 aromatic rings. The predicted octanol–water partition coefficient (Wildman–Crippen LogP) is 1.64. The van der Waals surface area contributed by atoms with Crippen molar-refractivity contribution in [2.24, 2.45) is 0 Å². The second-order valence-corrected chi connectivity index (χ2v) is 4.03. The Morgan fingerprint density at radius 1 is 1.24 bits per heavy atom. The Labute approximate surface area is 100 Å². The normalized spacial score (nSPS) is 10.2. The van der Waals surface area contributed by atoms with E-state index in [9.17, 15) is 4.79 Å². The summed E-state index contributed by atoms with van der Waals surface area (Å²) in [6, 6.07) is 11.8. The maximum atomic E-state index is 11.7. The molecule has 0 spiro atoms. The molecule has 0 unspecified atom stereocenters. The van der Waals surface area contributed by atoms with Crippen molar-refractivity contribution >= 4 is 5.91 Å². The van der Waals surface area contributed by atoms with Crippen LogP contribution >= 0.6 is 0 Å². The second kappa shape index (κ2) is 4.82. The van der Waals surface area contributed by atoms with Crippen LogP contribution in [0.25, 0.3) is 11.3 Å². The number of hydrogen-bond acceptors (Lipinski definition) is 2. The van der Waals surface area contributed by atoms with Gasteiger partial charge in [-0.1, -0.05) is 30.3 Å². The summed E-state index contributed by atoms with van der Waals surface area (Å²) < 4.78 is 1.72. The van der Waals surface area contributed by atoms with Gasteiger partial charge < -0.3 is 4.90 Å². The Hall–Kier alpha value is -2.10. The lowest BCUT2D eigenvalue weighted by molar-refractivity contribution is -0.129. The number of hydrogen-bond donors (Lipinski definition) is 0. The molecule has 17 heavy (non-hydrogen) atoms. The van der Waals surface area contributed by atoms with Gasteiger partial charge in [0, 0.05) is 20.3 Å². The first-order chi connectivity index (χ1) is 8.18. The molecule has 1 amide bonds. The van der Waals surface area contributed by atoms with E-state index < -0.39 is 0 Å². The van der Waals surface area contributed by atoms with Gasteiger partial charge in [0.05, 0.1) is 5.69 Å². The summed E-state index contributed by atoms with van der Waals surface area (Å²) in [4.78, 5) is 13.2. The molecule has 0 N–H and O–H groups in total. The van der Waals surface area contributed by atoms with Crippen LogP contribution in [0.1, 0.15) is 0 Å². The number of aromatic nitrogens is 2. The average molecular weight is 229 g/mol. The fourth-order valence-electron chi connectivity index (χ4n) is 1.58. The largest absolute Gasteiger partial charge is 0.347 e. The first kappa shape index (κ1) is 11.4. The van der Waals surface area contributed by atoms with E-state index in [1.54, 1.807) is 29.9 Å². The maximum absolute atomic E-state index is 11.7. The van der Waals surface area contributed by atoms with Crippen LogP contribution in [0.3, 0.4) is 0 Å². The van der Waals surface area contributed by atoms with E-state index in [-0.39, 0.29) is 12.5 Å². The fourth-order valence-corrected chi connectivity index (χ4v) is 1.58. The van der Waals surface area contributed by atoms with E-state index in [0.29, 0.717) is 0 Å². The first-order valence-electron chi connectivity index (χ1n) is 5.46. The van der Waals surface area contributed by atoms with Gasteiger partial charge in [0.15, 0.2) is 0 Å². The molecule has 0 saturated carbocycles. The van der Waals surface area contributed by atoms with Gasteiger partial charge in [-0.2, -0.15) is 5.10 Å². The van der Waals surface area contributed by atoms with Crippen LogP contribution in [-0.2, 0) is 11.3 Å². The minimum atomic E-state index is 0.0332. The van der Waals surface area contributed by atoms with Crippen molar-refractivity contribution in [3.8, 4) is 11.3 Å². The predicted molar refractivity (Wildman–Crippen MR) is 66.4 cm³/mol. The third-order valence-corrected chi connectivity index (χ3v) is 2.57. The molecular formula is C13H15N3O. The molecule has 4 nitrogen and oxygen atoms in total. The summed E-state index contributed by atoms with van der Waals surface area (Å²) in [6.07, 6.45) is 1.71. The molecule has 0 atom stereocenters. The average Bonchev–Trinajstić information content (AvgIpc) is 2.78. The summed E-state index contributed by atoms with van der Waals surface area (Å²) in [6.45, 7) is 0.268. The van der Waals surface area contributed by atoms with Gasteiger partial charge in [-0.05, 0) is 11.6 Å². The van der Waals surface area contributed by atoms with Crippen molar-refractivity contribution in [1.82, 2.24) is 14.7 Å². The number of carbonyl (C=O) groups is 1. The number of rotatable bonds is 3. The number of nitrogens with zero attached hydrogens (tertiary/aromatic N) is 3. The standard InChI is InChI=1S/C13H15N3O/c1-15(2)13(17)10-16-12(8-9-14-16)11-6-4-3-5-7-11/h3-9H,10H2,1-2H3. The highest BCUT2D eigenvalue weighted by atomic mass is 16.2. The third-order valence-electron chi connectivity index (χ3n) is 2.57. The highest BCUT2D eigenvalue weighted by Crippen LogP contribution is 2.17. The Balaban J connectivity index is 2.27. The van der Waals surface area contributed by atoms with Crippen molar-refractivity contribution < 1.29 is 4.79 Å². The van der Waals surface area contributed by atoms with Crippen LogP contribution in [0.5, 0.6) is 0 Å². The zero-order valence-electron chi connectivity index (χ0n) is 10.00. The van der Waals surface area contributed by atoms with E-state index in [1.807, 2.05) is 36.4 Å². The molecule has 1 aromatic carbocycles. The van der Waals surface area contributed by atoms with Gasteiger partial charge in [-0.3, -0.25) is 9.48 Å². The summed E-state index contributed by atoms with van der Waals surface area (Å²) in [5, 5.41) is 4.18. The molecule has 0 radical (unpaired) electrons. The van der Waals surface area contributed by atoms with Gasteiger partial charge in [0.2, 0.25) is 5.91 Å². The molecule has 88 valence electrons. The molecule has 1 aromatic heterocycles. The minimum absolute atomic E-state index is 0.0332. The van der Waals surface area contributed by atoms with Crippen LogP contribution in [0, 0.1) is 0 Å². The minimum Gasteiger partial charge on any atom is -0.347 e. The summed E-state index contributed by atoms with van der Waals surface area (Å²) in [5.74, 6) is 0.0332. The Morgan fingerprint density at radius 2 is 1.94 bits per heavy atom. The molecular weight excluding hydrogens is 214 g/mol. The molecule has 0 bridgehead atoms. The quantitative estimate of drug-likeness (QED) is 0.802. The van der Waals surface area contributed by atoms with Gasteiger partial charge in [0.25, 0.3) is 0 Å². The fraction of sp³-hybridized carbons (Fsp3) is 0.231. The summed E-state index contributed by atoms with van der Waals surface area (Å²) >= 11 is 0. The summed E-state index contributed by atoms with van der Waals surface area (Å²) in [5.41, 5.74) is 2.03. The van der Waals surface area contributed by atoms with E-state index in [4.69, 9.17) is 0 Å². The van der Waals surface area contributed by atoms with Crippen LogP contribution in [-0.4, -0.2) is 34.7 Å². The highest BCUT2D eigenvalue weighted by Gasteiger charge is 2.10. The van der Waals surface area contributed by atoms with Crippen LogP contribution in [0.15, 0.2) is 42.6 Å². The van der Waals surface area contributed by atoms with Crippen molar-refractivity contribution in [3.63, 3.8) is 0 Å². The lowest BCUT2D eigenvalue weighted by Crippen LogP contribution is -2.26. The second-order valence-electron chi connectivity index (χ2n) is 4.03. The Bertz CT molecular complexity index is 502. The van der Waals surface area contributed by atoms with Crippen LogP contribution in [0.4, 0.5) is 0 Å². The zero-order valence-corrected chi connectivity index (χ0v) is 10.00. The van der Waals surface area contributed by atoms with Crippen molar-refractivity contribution in [2.75, 3.05) is 14.1 Å². The highest BCUT2D eigenvalue weighted by molar-refractivity contribution is 5.76. The molecule has 0 saturated heterocycles. The number of carbonyl (C=O) groups excluding carboxylic acids is 1. The molecule has 4 heteroatoms. The van der Waals surface area contributed by atoms with E-state index in [0.717, 1.165) is 11.3 Å². The van der Waals surface area contributed by atoms with E-state index in [2.05, 4.69) is 5.10 Å². The maximum Gasteiger partial charge on any atom is 0.243 e. The van der Waals surface area contributed by atoms with Crippen LogP contribution < -0.4 is 0 Å². The number of likely N-dealkylation sites (N-methyl/N-ethyl adjacent to an activating group) is 1. The van der Waals surface area contributed by atoms with E-state index >= 15 is 0 Å². The molecule has 0 aliphatic rings. The molecule has 2 rings (SSSR count). The monoisotopic (exact) mass is 229 g/mol. The third kappa shape index (κ3) is 2.53. The smallest absolute Gasteiger partial charge is 0.243 e. The van der Waals surface area contributed by atoms with Gasteiger partial charge in [-0.25, -0.2) is 0 Å². The van der Waals surface area contributed by atoms with E-state index in [1.165, 1.54) is 0 Å². The number of amides is 1. The lowest BCUT2D eigenvalue weighted by atomic mass is 10.1. The molecule has 0 fully saturated rings. The summed E-state index contributed by atoms with van der Waals surface area (Å²) in [7, 11) is 3.49. The Kier molecular flexibility index (Phi) is 3.23. The van der Waals surface area contributed by atoms with Crippen molar-refractivity contribution in [2.45, 2.75) is 6.54 Å². The zero-order chi connectivity index (χ0) is 12.3. The topological polar surface area (TPSA) is 38.1 Å². The van der Waals surface area contributed by atoms with Gasteiger partial charge in [-0.15, -0.1) is 0 Å². The van der Waals surface area contributed by atoms with Crippen molar-refractivity contribution in [3.05, 3.63) is 42.6 Å². The number of benzene rings is 1. The molecule has 0 aliphatic carbocycles. The molecule has 1 heterocycles. The van der Waals surface area contributed by atoms with Gasteiger partial charge in [0.1, 0.15) is 6.54 Å². The SMILES string of the molecule is CN(C)C(=O)Cn1nccc1-c1ccccc1. The lowest BCUT2D eigenvalue weighted by Gasteiger charge is -2.12. The van der Waals surface area contributed by atoms with Crippen molar-refractivity contribution in [1.29, 1.82) is 0 Å². The van der Waals surface area contributed by atoms with Crippen LogP contribution in [0.2, 0.25) is 0 Å². The first-order valence-corrected chi connectivity index (χ1v) is 5.46. The van der Waals surface area contributed by atoms with Gasteiger partial charge >= 0.3 is 0 Å².